The van der Waals surface area contributed by atoms with Crippen LogP contribution in [0.15, 0.2) is 61.2 Å². The minimum atomic E-state index is -0.336. The third kappa shape index (κ3) is 6.06. The average molecular weight is 412 g/mol. The van der Waals surface area contributed by atoms with Gasteiger partial charge in [-0.3, -0.25) is 4.98 Å². The first-order valence-electron chi connectivity index (χ1n) is 9.51. The molecule has 3 aromatic rings. The van der Waals surface area contributed by atoms with Crippen molar-refractivity contribution < 1.29 is 4.79 Å². The van der Waals surface area contributed by atoms with Crippen LogP contribution < -0.4 is 5.32 Å². The molecule has 29 heavy (non-hydrogen) atoms. The molecule has 3 rings (SSSR count). The largest absolute Gasteiger partial charge is 0.333 e. The van der Waals surface area contributed by atoms with Crippen LogP contribution in [0, 0.1) is 0 Å². The Morgan fingerprint density at radius 1 is 1.14 bits per heavy atom. The summed E-state index contributed by atoms with van der Waals surface area (Å²) >= 11 is 6.31. The molecule has 0 bridgehead atoms. The lowest BCUT2D eigenvalue weighted by Crippen LogP contribution is -2.48. The van der Waals surface area contributed by atoms with Gasteiger partial charge < -0.3 is 14.8 Å². The maximum Gasteiger partial charge on any atom is 0.318 e. The van der Waals surface area contributed by atoms with Crippen LogP contribution in [0.25, 0.3) is 0 Å². The molecular weight excluding hydrogens is 386 g/mol. The van der Waals surface area contributed by atoms with E-state index in [1.165, 1.54) is 0 Å². The fourth-order valence-electron chi connectivity index (χ4n) is 2.93. The molecule has 2 heterocycles. The van der Waals surface area contributed by atoms with Crippen molar-refractivity contribution in [1.29, 1.82) is 0 Å². The Balaban J connectivity index is 1.81. The van der Waals surface area contributed by atoms with E-state index in [9.17, 15) is 4.79 Å². The van der Waals surface area contributed by atoms with E-state index in [2.05, 4.69) is 15.3 Å². The Morgan fingerprint density at radius 3 is 2.62 bits per heavy atom. The number of nitrogens with zero attached hydrogens (tertiary/aromatic N) is 4. The zero-order valence-corrected chi connectivity index (χ0v) is 17.7. The standard InChI is InChI=1S/C22H26ClN5O/c1-22(2,3)26-21(29)28(14-17-7-6-10-24-13-17)16-20-25-11-12-27(20)15-18-8-4-5-9-19(18)23/h4-13H,14-16H2,1-3H3,(H,26,29). The second kappa shape index (κ2) is 9.09. The number of urea groups is 1. The number of hydrogen-bond donors (Lipinski definition) is 1. The molecular formula is C22H26ClN5O. The number of benzene rings is 1. The molecule has 0 aliphatic heterocycles. The first kappa shape index (κ1) is 20.9. The van der Waals surface area contributed by atoms with Gasteiger partial charge in [0.2, 0.25) is 0 Å². The first-order chi connectivity index (χ1) is 13.8. The second-order valence-electron chi connectivity index (χ2n) is 7.96. The molecule has 1 N–H and O–H groups in total. The topological polar surface area (TPSA) is 63.1 Å². The van der Waals surface area contributed by atoms with Crippen molar-refractivity contribution in [3.05, 3.63) is 83.2 Å². The lowest BCUT2D eigenvalue weighted by molar-refractivity contribution is 0.181. The average Bonchev–Trinajstić information content (AvgIpc) is 3.09. The molecule has 152 valence electrons. The molecule has 0 fully saturated rings. The van der Waals surface area contributed by atoms with E-state index in [1.807, 2.05) is 67.9 Å². The number of carbonyl (C=O) groups is 1. The van der Waals surface area contributed by atoms with Gasteiger partial charge in [0.1, 0.15) is 5.82 Å². The van der Waals surface area contributed by atoms with Gasteiger partial charge in [0.25, 0.3) is 0 Å². The third-order valence-corrected chi connectivity index (χ3v) is 4.67. The van der Waals surface area contributed by atoms with E-state index in [4.69, 9.17) is 11.6 Å². The lowest BCUT2D eigenvalue weighted by Gasteiger charge is -2.28. The van der Waals surface area contributed by atoms with Gasteiger partial charge in [0, 0.05) is 41.9 Å². The summed E-state index contributed by atoms with van der Waals surface area (Å²) in [4.78, 5) is 23.3. The van der Waals surface area contributed by atoms with Gasteiger partial charge in [-0.1, -0.05) is 35.9 Å². The molecule has 1 aromatic carbocycles. The Morgan fingerprint density at radius 2 is 1.93 bits per heavy atom. The van der Waals surface area contributed by atoms with Gasteiger partial charge in [0.15, 0.2) is 0 Å². The molecule has 0 aliphatic carbocycles. The fourth-order valence-corrected chi connectivity index (χ4v) is 3.12. The quantitative estimate of drug-likeness (QED) is 0.650. The van der Waals surface area contributed by atoms with Gasteiger partial charge in [-0.15, -0.1) is 0 Å². The number of rotatable bonds is 6. The van der Waals surface area contributed by atoms with E-state index in [-0.39, 0.29) is 11.6 Å². The van der Waals surface area contributed by atoms with Crippen LogP contribution in [0.3, 0.4) is 0 Å². The van der Waals surface area contributed by atoms with Crippen LogP contribution in [-0.4, -0.2) is 31.0 Å². The molecule has 0 saturated carbocycles. The monoisotopic (exact) mass is 411 g/mol. The predicted octanol–water partition coefficient (Wildman–Crippen LogP) is 4.49. The molecule has 2 aromatic heterocycles. The Kier molecular flexibility index (Phi) is 6.54. The smallest absolute Gasteiger partial charge is 0.318 e. The summed E-state index contributed by atoms with van der Waals surface area (Å²) in [6, 6.07) is 11.4. The third-order valence-electron chi connectivity index (χ3n) is 4.30. The normalized spacial score (nSPS) is 11.3. The highest BCUT2D eigenvalue weighted by Crippen LogP contribution is 2.18. The van der Waals surface area contributed by atoms with Crippen molar-refractivity contribution in [2.45, 2.75) is 45.9 Å². The predicted molar refractivity (Wildman–Crippen MR) is 115 cm³/mol. The van der Waals surface area contributed by atoms with Crippen LogP contribution in [0.2, 0.25) is 5.02 Å². The zero-order chi connectivity index (χ0) is 20.9. The van der Waals surface area contributed by atoms with E-state index >= 15 is 0 Å². The van der Waals surface area contributed by atoms with E-state index in [1.54, 1.807) is 23.5 Å². The molecule has 6 nitrogen and oxygen atoms in total. The highest BCUT2D eigenvalue weighted by Gasteiger charge is 2.22. The summed E-state index contributed by atoms with van der Waals surface area (Å²) in [6.07, 6.45) is 7.14. The van der Waals surface area contributed by atoms with Gasteiger partial charge in [0.05, 0.1) is 13.1 Å². The molecule has 0 aliphatic rings. The molecule has 7 heteroatoms. The molecule has 0 spiro atoms. The maximum atomic E-state index is 12.9. The lowest BCUT2D eigenvalue weighted by atomic mass is 10.1. The van der Waals surface area contributed by atoms with Crippen LogP contribution in [0.1, 0.15) is 37.7 Å². The van der Waals surface area contributed by atoms with Crippen molar-refractivity contribution in [2.24, 2.45) is 0 Å². The van der Waals surface area contributed by atoms with Crippen LogP contribution >= 0.6 is 11.6 Å². The fraction of sp³-hybridized carbons (Fsp3) is 0.318. The SMILES string of the molecule is CC(C)(C)NC(=O)N(Cc1cccnc1)Cc1nccn1Cc1ccccc1Cl. The number of carbonyl (C=O) groups excluding carboxylic acids is 1. The minimum absolute atomic E-state index is 0.145. The zero-order valence-electron chi connectivity index (χ0n) is 17.0. The summed E-state index contributed by atoms with van der Waals surface area (Å²) < 4.78 is 2.02. The molecule has 2 amide bonds. The highest BCUT2D eigenvalue weighted by molar-refractivity contribution is 6.31. The van der Waals surface area contributed by atoms with Crippen LogP contribution in [-0.2, 0) is 19.6 Å². The van der Waals surface area contributed by atoms with E-state index in [0.717, 1.165) is 17.0 Å². The first-order valence-corrected chi connectivity index (χ1v) is 9.89. The number of pyridine rings is 1. The number of halogens is 1. The summed E-state index contributed by atoms with van der Waals surface area (Å²) in [6.45, 7) is 7.29. The minimum Gasteiger partial charge on any atom is -0.333 e. The van der Waals surface area contributed by atoms with Crippen molar-refractivity contribution in [3.8, 4) is 0 Å². The van der Waals surface area contributed by atoms with Gasteiger partial charge >= 0.3 is 6.03 Å². The second-order valence-corrected chi connectivity index (χ2v) is 8.37. The number of amides is 2. The number of hydrogen-bond acceptors (Lipinski definition) is 3. The van der Waals surface area contributed by atoms with E-state index in [0.29, 0.717) is 24.7 Å². The van der Waals surface area contributed by atoms with Crippen molar-refractivity contribution in [2.75, 3.05) is 0 Å². The number of imidazole rings is 1. The molecule has 0 unspecified atom stereocenters. The van der Waals surface area contributed by atoms with Gasteiger partial charge in [-0.25, -0.2) is 9.78 Å². The molecule has 0 atom stereocenters. The van der Waals surface area contributed by atoms with E-state index < -0.39 is 0 Å². The van der Waals surface area contributed by atoms with Crippen LogP contribution in [0.5, 0.6) is 0 Å². The maximum absolute atomic E-state index is 12.9. The van der Waals surface area contributed by atoms with Crippen LogP contribution in [0.4, 0.5) is 4.79 Å². The van der Waals surface area contributed by atoms with Crippen molar-refractivity contribution >= 4 is 17.6 Å². The van der Waals surface area contributed by atoms with Gasteiger partial charge in [-0.05, 0) is 44.0 Å². The summed E-state index contributed by atoms with van der Waals surface area (Å²) in [5, 5.41) is 3.75. The highest BCUT2D eigenvalue weighted by atomic mass is 35.5. The summed E-state index contributed by atoms with van der Waals surface area (Å²) in [5.41, 5.74) is 1.63. The summed E-state index contributed by atoms with van der Waals surface area (Å²) in [7, 11) is 0. The number of nitrogens with one attached hydrogen (secondary N) is 1. The summed E-state index contributed by atoms with van der Waals surface area (Å²) in [5.74, 6) is 0.790. The number of aromatic nitrogens is 3. The molecule has 0 radical (unpaired) electrons. The van der Waals surface area contributed by atoms with Gasteiger partial charge in [-0.2, -0.15) is 0 Å². The molecule has 0 saturated heterocycles. The Bertz CT molecular complexity index is 949. The Hall–Kier alpha value is -2.86. The van der Waals surface area contributed by atoms with Crippen molar-refractivity contribution in [3.63, 3.8) is 0 Å². The Labute approximate surface area is 176 Å². The van der Waals surface area contributed by atoms with Crippen molar-refractivity contribution in [1.82, 2.24) is 24.8 Å².